The molecule has 3 aromatic heterocycles. The zero-order valence-electron chi connectivity index (χ0n) is 18.4. The number of rotatable bonds is 7. The van der Waals surface area contributed by atoms with Crippen LogP contribution in [0, 0.1) is 0 Å². The number of anilines is 3. The van der Waals surface area contributed by atoms with Gasteiger partial charge in [-0.2, -0.15) is 10.1 Å². The zero-order valence-corrected chi connectivity index (χ0v) is 19.3. The maximum Gasteiger partial charge on any atom is 0.228 e. The third-order valence-electron chi connectivity index (χ3n) is 7.28. The third-order valence-corrected chi connectivity index (χ3v) is 8.19. The Kier molecular flexibility index (Phi) is 4.62. The summed E-state index contributed by atoms with van der Waals surface area (Å²) in [4.78, 5) is 15.0. The van der Waals surface area contributed by atoms with E-state index in [-0.39, 0.29) is 0 Å². The number of aromatic nitrogens is 4. The van der Waals surface area contributed by atoms with Crippen LogP contribution in [0.1, 0.15) is 36.4 Å². The summed E-state index contributed by atoms with van der Waals surface area (Å²) in [5, 5.41) is 13.2. The lowest BCUT2D eigenvalue weighted by molar-refractivity contribution is 0.241. The van der Waals surface area contributed by atoms with Crippen molar-refractivity contribution in [2.45, 2.75) is 43.7 Å². The number of nitrogens with one attached hydrogen (secondary N) is 2. The van der Waals surface area contributed by atoms with Crippen LogP contribution >= 0.6 is 11.3 Å². The number of hydrogen-bond donors (Lipinski definition) is 2. The summed E-state index contributed by atoms with van der Waals surface area (Å²) in [7, 11) is 0. The summed E-state index contributed by atoms with van der Waals surface area (Å²) in [6, 6.07) is 16.1. The van der Waals surface area contributed by atoms with Crippen LogP contribution in [-0.2, 0) is 6.42 Å². The highest BCUT2D eigenvalue weighted by Crippen LogP contribution is 2.40. The maximum absolute atomic E-state index is 5.01. The van der Waals surface area contributed by atoms with E-state index in [9.17, 15) is 0 Å². The first-order chi connectivity index (χ1) is 16.3. The van der Waals surface area contributed by atoms with E-state index in [4.69, 9.17) is 9.97 Å². The van der Waals surface area contributed by atoms with Gasteiger partial charge in [-0.3, -0.25) is 10.00 Å². The van der Waals surface area contributed by atoms with Crippen molar-refractivity contribution >= 4 is 39.1 Å². The van der Waals surface area contributed by atoms with Gasteiger partial charge in [-0.15, -0.1) is 11.3 Å². The standard InChI is InChI=1S/C25H27N7S/c1-2-4-16(5-3-1)8-10-31-14-19-12-18(31)15-32(19)25-26-20-9-11-33-23(20)24(28-25)27-22-13-21(29-30-22)17-6-7-17/h1-5,9,11,13,17-19H,6-8,10,12,14-15H2,(H2,26,27,28,29,30)/t18-,19-/m0/s1. The molecule has 0 radical (unpaired) electrons. The summed E-state index contributed by atoms with van der Waals surface area (Å²) in [6.45, 7) is 3.22. The van der Waals surface area contributed by atoms with E-state index in [2.05, 4.69) is 73.2 Å². The highest BCUT2D eigenvalue weighted by Gasteiger charge is 2.44. The molecule has 2 N–H and O–H groups in total. The van der Waals surface area contributed by atoms with Crippen molar-refractivity contribution in [3.05, 3.63) is 59.1 Å². The monoisotopic (exact) mass is 457 g/mol. The second kappa shape index (κ2) is 7.81. The fourth-order valence-corrected chi connectivity index (χ4v) is 6.14. The molecular weight excluding hydrogens is 430 g/mol. The van der Waals surface area contributed by atoms with Crippen LogP contribution in [0.15, 0.2) is 47.8 Å². The van der Waals surface area contributed by atoms with Gasteiger partial charge in [-0.1, -0.05) is 30.3 Å². The van der Waals surface area contributed by atoms with Crippen LogP contribution < -0.4 is 10.2 Å². The number of aromatic amines is 1. The molecule has 8 heteroatoms. The first kappa shape index (κ1) is 19.5. The van der Waals surface area contributed by atoms with Crippen molar-refractivity contribution in [2.24, 2.45) is 0 Å². The number of piperazine rings is 1. The predicted molar refractivity (Wildman–Crippen MR) is 133 cm³/mol. The number of H-pyrrole nitrogens is 1. The lowest BCUT2D eigenvalue weighted by Crippen LogP contribution is -2.47. The van der Waals surface area contributed by atoms with Crippen molar-refractivity contribution in [3.8, 4) is 0 Å². The second-order valence-electron chi connectivity index (χ2n) is 9.54. The average Bonchev–Trinajstić information content (AvgIpc) is 3.22. The van der Waals surface area contributed by atoms with E-state index in [1.807, 2.05) is 0 Å². The lowest BCUT2D eigenvalue weighted by Gasteiger charge is -2.34. The molecule has 4 aromatic rings. The molecule has 0 unspecified atom stereocenters. The van der Waals surface area contributed by atoms with Gasteiger partial charge in [0.15, 0.2) is 5.82 Å². The Morgan fingerprint density at radius 2 is 1.97 bits per heavy atom. The number of hydrogen-bond acceptors (Lipinski definition) is 7. The lowest BCUT2D eigenvalue weighted by atomic mass is 10.1. The van der Waals surface area contributed by atoms with Crippen molar-refractivity contribution in [2.75, 3.05) is 29.9 Å². The SMILES string of the molecule is c1ccc(CCN2C[C@@H]3C[C@H]2CN3c2nc(Nc3cc(C4CC4)n[nH]3)c3sccc3n2)cc1. The average molecular weight is 458 g/mol. The Hall–Kier alpha value is -2.97. The van der Waals surface area contributed by atoms with Crippen LogP contribution in [0.25, 0.3) is 10.2 Å². The van der Waals surface area contributed by atoms with Crippen molar-refractivity contribution in [1.29, 1.82) is 0 Å². The van der Waals surface area contributed by atoms with Gasteiger partial charge >= 0.3 is 0 Å². The molecule has 1 aliphatic carbocycles. The molecule has 33 heavy (non-hydrogen) atoms. The Morgan fingerprint density at radius 3 is 2.79 bits per heavy atom. The molecule has 2 atom stereocenters. The summed E-state index contributed by atoms with van der Waals surface area (Å²) in [6.07, 6.45) is 4.81. The summed E-state index contributed by atoms with van der Waals surface area (Å²) in [5.41, 5.74) is 3.59. The third kappa shape index (κ3) is 3.67. The largest absolute Gasteiger partial charge is 0.335 e. The number of fused-ring (bicyclic) bond motifs is 3. The number of thiophene rings is 1. The molecule has 1 aromatic carbocycles. The normalized spacial score (nSPS) is 22.5. The van der Waals surface area contributed by atoms with Crippen molar-refractivity contribution in [3.63, 3.8) is 0 Å². The Balaban J connectivity index is 1.09. The highest BCUT2D eigenvalue weighted by atomic mass is 32.1. The maximum atomic E-state index is 5.01. The van der Waals surface area contributed by atoms with Crippen LogP contribution in [0.3, 0.4) is 0 Å². The number of nitrogens with zero attached hydrogens (tertiary/aromatic N) is 5. The Labute approximate surface area is 196 Å². The molecule has 3 aliphatic rings. The smallest absolute Gasteiger partial charge is 0.228 e. The molecule has 0 amide bonds. The van der Waals surface area contributed by atoms with Gasteiger partial charge in [0.2, 0.25) is 5.95 Å². The zero-order chi connectivity index (χ0) is 21.8. The summed E-state index contributed by atoms with van der Waals surface area (Å²) >= 11 is 1.68. The van der Waals surface area contributed by atoms with E-state index in [0.29, 0.717) is 18.0 Å². The van der Waals surface area contributed by atoms with Crippen LogP contribution in [-0.4, -0.2) is 56.8 Å². The fraction of sp³-hybridized carbons (Fsp3) is 0.400. The van der Waals surface area contributed by atoms with Crippen LogP contribution in [0.5, 0.6) is 0 Å². The Morgan fingerprint density at radius 1 is 1.06 bits per heavy atom. The Bertz CT molecular complexity index is 1280. The quantitative estimate of drug-likeness (QED) is 0.424. The number of likely N-dealkylation sites (tertiary alicyclic amines) is 1. The topological polar surface area (TPSA) is 73.0 Å². The second-order valence-corrected chi connectivity index (χ2v) is 10.5. The van der Waals surface area contributed by atoms with Gasteiger partial charge in [0.05, 0.1) is 15.9 Å². The minimum atomic E-state index is 0.489. The van der Waals surface area contributed by atoms with Crippen LogP contribution in [0.4, 0.5) is 17.6 Å². The van der Waals surface area contributed by atoms with Crippen molar-refractivity contribution < 1.29 is 0 Å². The molecule has 1 saturated carbocycles. The number of benzene rings is 1. The predicted octanol–water partition coefficient (Wildman–Crippen LogP) is 4.54. The van der Waals surface area contributed by atoms with E-state index in [1.54, 1.807) is 11.3 Å². The minimum absolute atomic E-state index is 0.489. The van der Waals surface area contributed by atoms with Gasteiger partial charge in [-0.05, 0) is 42.7 Å². The van der Waals surface area contributed by atoms with E-state index >= 15 is 0 Å². The molecule has 7 nitrogen and oxygen atoms in total. The van der Waals surface area contributed by atoms with E-state index < -0.39 is 0 Å². The molecule has 5 heterocycles. The minimum Gasteiger partial charge on any atom is -0.335 e. The fourth-order valence-electron chi connectivity index (χ4n) is 5.37. The van der Waals surface area contributed by atoms with Crippen LogP contribution in [0.2, 0.25) is 0 Å². The van der Waals surface area contributed by atoms with Crippen molar-refractivity contribution in [1.82, 2.24) is 25.1 Å². The molecule has 2 aliphatic heterocycles. The van der Waals surface area contributed by atoms with Gasteiger partial charge < -0.3 is 10.2 Å². The van der Waals surface area contributed by atoms with Gasteiger partial charge in [0.25, 0.3) is 0 Å². The van der Waals surface area contributed by atoms with E-state index in [0.717, 1.165) is 59.5 Å². The first-order valence-electron chi connectivity index (χ1n) is 11.9. The summed E-state index contributed by atoms with van der Waals surface area (Å²) in [5.74, 6) is 3.26. The molecule has 2 bridgehead atoms. The molecule has 168 valence electrons. The van der Waals surface area contributed by atoms with Gasteiger partial charge in [-0.25, -0.2) is 4.98 Å². The first-order valence-corrected chi connectivity index (χ1v) is 12.8. The van der Waals surface area contributed by atoms with Gasteiger partial charge in [0, 0.05) is 43.7 Å². The highest BCUT2D eigenvalue weighted by molar-refractivity contribution is 7.17. The molecule has 7 rings (SSSR count). The molecule has 2 saturated heterocycles. The van der Waals surface area contributed by atoms with E-state index in [1.165, 1.54) is 24.8 Å². The summed E-state index contributed by atoms with van der Waals surface area (Å²) < 4.78 is 1.09. The van der Waals surface area contributed by atoms with Gasteiger partial charge in [0.1, 0.15) is 5.82 Å². The molecular formula is C25H27N7S. The molecule has 3 fully saturated rings. The molecule has 0 spiro atoms.